The van der Waals surface area contributed by atoms with Crippen molar-refractivity contribution in [2.45, 2.75) is 19.4 Å². The minimum atomic E-state index is -0.854. The first-order valence-corrected chi connectivity index (χ1v) is 5.07. The van der Waals surface area contributed by atoms with E-state index in [0.717, 1.165) is 6.07 Å². The topological polar surface area (TPSA) is 64.4 Å². The van der Waals surface area contributed by atoms with Crippen LogP contribution in [-0.4, -0.2) is 24.2 Å². The molecule has 0 aromatic heterocycles. The number of nitrogens with zero attached hydrogens (tertiary/aromatic N) is 1. The van der Waals surface area contributed by atoms with E-state index in [9.17, 15) is 14.5 Å². The van der Waals surface area contributed by atoms with Gasteiger partial charge in [0.15, 0.2) is 0 Å². The fourth-order valence-electron chi connectivity index (χ4n) is 1.56. The van der Waals surface area contributed by atoms with Gasteiger partial charge in [0, 0.05) is 7.11 Å². The Labute approximate surface area is 98.7 Å². The van der Waals surface area contributed by atoms with Crippen LogP contribution in [0.25, 0.3) is 0 Å². The molecule has 94 valence electrons. The third-order valence-electron chi connectivity index (χ3n) is 2.15. The van der Waals surface area contributed by atoms with Gasteiger partial charge in [-0.05, 0) is 26.0 Å². The molecule has 5 nitrogen and oxygen atoms in total. The highest BCUT2D eigenvalue weighted by molar-refractivity contribution is 5.63. The van der Waals surface area contributed by atoms with Crippen LogP contribution in [-0.2, 0) is 4.74 Å². The molecule has 0 amide bonds. The molecule has 0 atom stereocenters. The van der Waals surface area contributed by atoms with Gasteiger partial charge in [0.25, 0.3) is 0 Å². The fraction of sp³-hybridized carbons (Fsp3) is 0.455. The van der Waals surface area contributed by atoms with Crippen LogP contribution >= 0.6 is 0 Å². The van der Waals surface area contributed by atoms with Gasteiger partial charge in [-0.2, -0.15) is 4.39 Å². The summed E-state index contributed by atoms with van der Waals surface area (Å²) in [6.45, 7) is 3.97. The summed E-state index contributed by atoms with van der Waals surface area (Å²) in [5.41, 5.74) is -0.915. The van der Waals surface area contributed by atoms with E-state index in [2.05, 4.69) is 5.32 Å². The number of nitro benzene ring substituents is 1. The van der Waals surface area contributed by atoms with Crippen LogP contribution in [0.1, 0.15) is 13.8 Å². The highest BCUT2D eigenvalue weighted by atomic mass is 19.1. The summed E-state index contributed by atoms with van der Waals surface area (Å²) < 4.78 is 18.3. The van der Waals surface area contributed by atoms with E-state index in [4.69, 9.17) is 4.74 Å². The molecule has 0 unspecified atom stereocenters. The number of rotatable bonds is 5. The van der Waals surface area contributed by atoms with E-state index in [0.29, 0.717) is 6.61 Å². The minimum Gasteiger partial charge on any atom is -0.382 e. The molecule has 0 saturated heterocycles. The molecule has 0 fully saturated rings. The average Bonchev–Trinajstić information content (AvgIpc) is 2.15. The SMILES string of the molecule is COCC(C)(C)Nc1cccc(F)c1[N+](=O)[O-]. The van der Waals surface area contributed by atoms with Crippen molar-refractivity contribution in [2.75, 3.05) is 19.0 Å². The highest BCUT2D eigenvalue weighted by Gasteiger charge is 2.25. The van der Waals surface area contributed by atoms with Gasteiger partial charge in [-0.3, -0.25) is 10.1 Å². The van der Waals surface area contributed by atoms with Crippen molar-refractivity contribution in [3.63, 3.8) is 0 Å². The number of methoxy groups -OCH3 is 1. The summed E-state index contributed by atoms with van der Waals surface area (Å²) in [5, 5.41) is 13.7. The van der Waals surface area contributed by atoms with E-state index >= 15 is 0 Å². The van der Waals surface area contributed by atoms with Gasteiger partial charge in [-0.15, -0.1) is 0 Å². The molecule has 0 spiro atoms. The lowest BCUT2D eigenvalue weighted by molar-refractivity contribution is -0.386. The van der Waals surface area contributed by atoms with Crippen molar-refractivity contribution >= 4 is 11.4 Å². The van der Waals surface area contributed by atoms with E-state index in [1.165, 1.54) is 19.2 Å². The van der Waals surface area contributed by atoms with Crippen LogP contribution in [0.5, 0.6) is 0 Å². The van der Waals surface area contributed by atoms with Gasteiger partial charge >= 0.3 is 5.69 Å². The summed E-state index contributed by atoms with van der Waals surface area (Å²) >= 11 is 0. The van der Waals surface area contributed by atoms with Crippen LogP contribution in [0.2, 0.25) is 0 Å². The molecule has 1 rings (SSSR count). The molecule has 0 aliphatic carbocycles. The van der Waals surface area contributed by atoms with Crippen molar-refractivity contribution in [3.8, 4) is 0 Å². The number of para-hydroxylation sites is 1. The second-order valence-electron chi connectivity index (χ2n) is 4.34. The number of nitro groups is 1. The predicted molar refractivity (Wildman–Crippen MR) is 62.6 cm³/mol. The monoisotopic (exact) mass is 242 g/mol. The Balaban J connectivity index is 3.06. The van der Waals surface area contributed by atoms with Gasteiger partial charge in [-0.1, -0.05) is 6.07 Å². The number of halogens is 1. The second-order valence-corrected chi connectivity index (χ2v) is 4.34. The normalized spacial score (nSPS) is 11.3. The summed E-state index contributed by atoms with van der Waals surface area (Å²) in [6.07, 6.45) is 0. The molecule has 17 heavy (non-hydrogen) atoms. The Morgan fingerprint density at radius 3 is 2.71 bits per heavy atom. The van der Waals surface area contributed by atoms with Crippen LogP contribution < -0.4 is 5.32 Å². The van der Waals surface area contributed by atoms with Crippen molar-refractivity contribution < 1.29 is 14.1 Å². The number of hydrogen-bond acceptors (Lipinski definition) is 4. The zero-order chi connectivity index (χ0) is 13.1. The quantitative estimate of drug-likeness (QED) is 0.636. The predicted octanol–water partition coefficient (Wildman–Crippen LogP) is 2.57. The number of benzene rings is 1. The van der Waals surface area contributed by atoms with Gasteiger partial charge in [0.1, 0.15) is 5.69 Å². The molecule has 0 aliphatic rings. The molecule has 0 bridgehead atoms. The number of ether oxygens (including phenoxy) is 1. The number of anilines is 1. The standard InChI is InChI=1S/C11H15FN2O3/c1-11(2,7-17-3)13-9-6-4-5-8(12)10(9)14(15)16/h4-6,13H,7H2,1-3H3. The summed E-state index contributed by atoms with van der Waals surface area (Å²) in [6, 6.07) is 3.96. The lowest BCUT2D eigenvalue weighted by Crippen LogP contribution is -2.36. The molecule has 0 radical (unpaired) electrons. The summed E-state index contributed by atoms with van der Waals surface area (Å²) in [5.74, 6) is -0.854. The third kappa shape index (κ3) is 3.39. The van der Waals surface area contributed by atoms with Crippen molar-refractivity contribution in [1.29, 1.82) is 0 Å². The molecule has 1 N–H and O–H groups in total. The van der Waals surface area contributed by atoms with E-state index in [1.54, 1.807) is 0 Å². The minimum absolute atomic E-state index is 0.150. The molecular weight excluding hydrogens is 227 g/mol. The molecule has 0 heterocycles. The van der Waals surface area contributed by atoms with Gasteiger partial charge in [-0.25, -0.2) is 0 Å². The second kappa shape index (κ2) is 5.09. The van der Waals surface area contributed by atoms with Crippen LogP contribution in [0.3, 0.4) is 0 Å². The zero-order valence-corrected chi connectivity index (χ0v) is 9.99. The van der Waals surface area contributed by atoms with Crippen LogP contribution in [0.4, 0.5) is 15.8 Å². The highest BCUT2D eigenvalue weighted by Crippen LogP contribution is 2.29. The lowest BCUT2D eigenvalue weighted by atomic mass is 10.1. The first-order chi connectivity index (χ1) is 7.87. The number of hydrogen-bond donors (Lipinski definition) is 1. The third-order valence-corrected chi connectivity index (χ3v) is 2.15. The van der Waals surface area contributed by atoms with Crippen LogP contribution in [0, 0.1) is 15.9 Å². The zero-order valence-electron chi connectivity index (χ0n) is 9.99. The van der Waals surface area contributed by atoms with E-state index in [1.807, 2.05) is 13.8 Å². The molecule has 0 aliphatic heterocycles. The Hall–Kier alpha value is -1.69. The summed E-state index contributed by atoms with van der Waals surface area (Å²) in [4.78, 5) is 10.0. The van der Waals surface area contributed by atoms with Gasteiger partial charge in [0.05, 0.1) is 17.1 Å². The van der Waals surface area contributed by atoms with Crippen LogP contribution in [0.15, 0.2) is 18.2 Å². The van der Waals surface area contributed by atoms with Crippen molar-refractivity contribution in [1.82, 2.24) is 0 Å². The number of nitrogens with one attached hydrogen (secondary N) is 1. The molecule has 1 aromatic rings. The first-order valence-electron chi connectivity index (χ1n) is 5.07. The van der Waals surface area contributed by atoms with Gasteiger partial charge in [0.2, 0.25) is 5.82 Å². The Bertz CT molecular complexity index is 421. The van der Waals surface area contributed by atoms with E-state index in [-0.39, 0.29) is 5.69 Å². The van der Waals surface area contributed by atoms with Crippen molar-refractivity contribution in [3.05, 3.63) is 34.1 Å². The maximum atomic E-state index is 13.3. The summed E-state index contributed by atoms with van der Waals surface area (Å²) in [7, 11) is 1.53. The van der Waals surface area contributed by atoms with Crippen molar-refractivity contribution in [2.24, 2.45) is 0 Å². The average molecular weight is 242 g/mol. The maximum Gasteiger partial charge on any atom is 0.327 e. The van der Waals surface area contributed by atoms with Gasteiger partial charge < -0.3 is 10.1 Å². The molecule has 1 aromatic carbocycles. The molecule has 6 heteroatoms. The maximum absolute atomic E-state index is 13.3. The first kappa shape index (κ1) is 13.4. The lowest BCUT2D eigenvalue weighted by Gasteiger charge is -2.26. The Morgan fingerprint density at radius 2 is 2.18 bits per heavy atom. The molecular formula is C11H15FN2O3. The fourth-order valence-corrected chi connectivity index (χ4v) is 1.56. The van der Waals surface area contributed by atoms with E-state index < -0.39 is 22.0 Å². The smallest absolute Gasteiger partial charge is 0.327 e. The largest absolute Gasteiger partial charge is 0.382 e. The Kier molecular flexibility index (Phi) is 4.01. The molecule has 0 saturated carbocycles. The Morgan fingerprint density at radius 1 is 1.53 bits per heavy atom.